The molecular formula is C17H16O4. The number of ketones is 1. The van der Waals surface area contributed by atoms with Gasteiger partial charge < -0.3 is 9.84 Å². The van der Waals surface area contributed by atoms with Gasteiger partial charge in [0.2, 0.25) is 0 Å². The number of Topliss-reactive ketones (excluding diaryl/α,β-unsaturated/α-hetero) is 1. The molecule has 0 amide bonds. The van der Waals surface area contributed by atoms with E-state index in [1.807, 2.05) is 42.5 Å². The Balaban J connectivity index is 2.02. The molecule has 0 spiro atoms. The summed E-state index contributed by atoms with van der Waals surface area (Å²) in [6, 6.07) is 16.9. The van der Waals surface area contributed by atoms with Crippen LogP contribution in [0.5, 0.6) is 0 Å². The van der Waals surface area contributed by atoms with Crippen molar-refractivity contribution in [2.45, 2.75) is 13.0 Å². The van der Waals surface area contributed by atoms with E-state index < -0.39 is 12.1 Å². The van der Waals surface area contributed by atoms with E-state index in [1.54, 1.807) is 12.1 Å². The predicted molar refractivity (Wildman–Crippen MR) is 78.8 cm³/mol. The number of carbonyl (C=O) groups is 2. The molecule has 21 heavy (non-hydrogen) atoms. The van der Waals surface area contributed by atoms with Crippen molar-refractivity contribution in [1.82, 2.24) is 0 Å². The fraction of sp³-hybridized carbons (Fsp3) is 0.176. The second kappa shape index (κ2) is 6.81. The van der Waals surface area contributed by atoms with Crippen LogP contribution in [-0.4, -0.2) is 29.6 Å². The van der Waals surface area contributed by atoms with Gasteiger partial charge >= 0.3 is 5.97 Å². The summed E-state index contributed by atoms with van der Waals surface area (Å²) >= 11 is 0. The Kier molecular flexibility index (Phi) is 4.85. The third kappa shape index (κ3) is 4.00. The number of carbonyl (C=O) groups excluding carboxylic acids is 2. The number of aliphatic hydroxyl groups excluding tert-OH is 1. The lowest BCUT2D eigenvalue weighted by atomic mass is 10.0. The largest absolute Gasteiger partial charge is 0.455 e. The zero-order chi connectivity index (χ0) is 15.2. The fourth-order valence-electron chi connectivity index (χ4n) is 1.82. The molecular weight excluding hydrogens is 268 g/mol. The minimum Gasteiger partial charge on any atom is -0.455 e. The van der Waals surface area contributed by atoms with Gasteiger partial charge in [-0.05, 0) is 18.1 Å². The number of aliphatic hydroxyl groups is 1. The van der Waals surface area contributed by atoms with Gasteiger partial charge in [0.05, 0.1) is 0 Å². The lowest BCUT2D eigenvalue weighted by molar-refractivity contribution is -0.151. The molecule has 0 bridgehead atoms. The topological polar surface area (TPSA) is 63.6 Å². The standard InChI is InChI=1S/C17H16O4/c1-12(18)17(20)21-11-16(19)15-9-7-14(8-10-15)13-5-3-2-4-6-13/h2-10,12,18H,11H2,1H3. The number of esters is 1. The monoisotopic (exact) mass is 284 g/mol. The number of benzene rings is 2. The van der Waals surface area contributed by atoms with Crippen molar-refractivity contribution in [2.24, 2.45) is 0 Å². The van der Waals surface area contributed by atoms with E-state index in [0.717, 1.165) is 11.1 Å². The first-order valence-electron chi connectivity index (χ1n) is 6.61. The van der Waals surface area contributed by atoms with Crippen molar-refractivity contribution >= 4 is 11.8 Å². The van der Waals surface area contributed by atoms with Crippen LogP contribution in [0.25, 0.3) is 11.1 Å². The Bertz CT molecular complexity index is 615. The quantitative estimate of drug-likeness (QED) is 0.676. The molecule has 0 aromatic heterocycles. The van der Waals surface area contributed by atoms with Crippen molar-refractivity contribution in [3.8, 4) is 11.1 Å². The number of rotatable bonds is 5. The lowest BCUT2D eigenvalue weighted by Gasteiger charge is -2.07. The van der Waals surface area contributed by atoms with E-state index in [4.69, 9.17) is 9.84 Å². The van der Waals surface area contributed by atoms with E-state index in [0.29, 0.717) is 5.56 Å². The van der Waals surface area contributed by atoms with Crippen LogP contribution in [0, 0.1) is 0 Å². The Hall–Kier alpha value is -2.46. The molecule has 0 fully saturated rings. The molecule has 0 aliphatic rings. The molecule has 2 aromatic rings. The summed E-state index contributed by atoms with van der Waals surface area (Å²) in [5.41, 5.74) is 2.54. The van der Waals surface area contributed by atoms with Crippen LogP contribution in [-0.2, 0) is 9.53 Å². The van der Waals surface area contributed by atoms with Crippen molar-refractivity contribution < 1.29 is 19.4 Å². The van der Waals surface area contributed by atoms with Gasteiger partial charge in [0, 0.05) is 5.56 Å². The number of hydrogen-bond donors (Lipinski definition) is 1. The van der Waals surface area contributed by atoms with Crippen molar-refractivity contribution in [2.75, 3.05) is 6.61 Å². The Morgan fingerprint density at radius 2 is 1.57 bits per heavy atom. The molecule has 1 unspecified atom stereocenters. The van der Waals surface area contributed by atoms with Crippen molar-refractivity contribution in [1.29, 1.82) is 0 Å². The first-order chi connectivity index (χ1) is 10.1. The molecule has 0 aliphatic heterocycles. The fourth-order valence-corrected chi connectivity index (χ4v) is 1.82. The maximum absolute atomic E-state index is 11.9. The Morgan fingerprint density at radius 3 is 2.14 bits per heavy atom. The average Bonchev–Trinajstić information content (AvgIpc) is 2.53. The predicted octanol–water partition coefficient (Wildman–Crippen LogP) is 2.46. The summed E-state index contributed by atoms with van der Waals surface area (Å²) < 4.78 is 4.70. The highest BCUT2D eigenvalue weighted by Gasteiger charge is 2.13. The van der Waals surface area contributed by atoms with Gasteiger partial charge in [-0.15, -0.1) is 0 Å². The maximum Gasteiger partial charge on any atom is 0.335 e. The highest BCUT2D eigenvalue weighted by molar-refractivity contribution is 5.98. The van der Waals surface area contributed by atoms with E-state index in [2.05, 4.69) is 0 Å². The van der Waals surface area contributed by atoms with Crippen LogP contribution >= 0.6 is 0 Å². The molecule has 0 radical (unpaired) electrons. The third-order valence-electron chi connectivity index (χ3n) is 3.00. The van der Waals surface area contributed by atoms with Crippen LogP contribution in [0.2, 0.25) is 0 Å². The van der Waals surface area contributed by atoms with Crippen LogP contribution in [0.15, 0.2) is 54.6 Å². The Labute approximate surface area is 123 Å². The second-order valence-corrected chi connectivity index (χ2v) is 4.65. The summed E-state index contributed by atoms with van der Waals surface area (Å²) in [6.45, 7) is 0.926. The number of hydrogen-bond acceptors (Lipinski definition) is 4. The van der Waals surface area contributed by atoms with E-state index in [-0.39, 0.29) is 12.4 Å². The second-order valence-electron chi connectivity index (χ2n) is 4.65. The van der Waals surface area contributed by atoms with Crippen LogP contribution in [0.3, 0.4) is 0 Å². The minimum atomic E-state index is -1.22. The first kappa shape index (κ1) is 14.9. The number of ether oxygens (including phenoxy) is 1. The van der Waals surface area contributed by atoms with Crippen LogP contribution < -0.4 is 0 Å². The average molecular weight is 284 g/mol. The molecule has 4 heteroatoms. The van der Waals surface area contributed by atoms with Gasteiger partial charge in [0.15, 0.2) is 12.4 Å². The molecule has 108 valence electrons. The zero-order valence-electron chi connectivity index (χ0n) is 11.7. The van der Waals surface area contributed by atoms with E-state index in [1.165, 1.54) is 6.92 Å². The molecule has 2 rings (SSSR count). The third-order valence-corrected chi connectivity index (χ3v) is 3.00. The normalized spacial score (nSPS) is 11.7. The SMILES string of the molecule is CC(O)C(=O)OCC(=O)c1ccc(-c2ccccc2)cc1. The van der Waals surface area contributed by atoms with Crippen LogP contribution in [0.4, 0.5) is 0 Å². The van der Waals surface area contributed by atoms with Gasteiger partial charge in [0.1, 0.15) is 6.10 Å². The zero-order valence-corrected chi connectivity index (χ0v) is 11.7. The van der Waals surface area contributed by atoms with Gasteiger partial charge in [-0.25, -0.2) is 4.79 Å². The van der Waals surface area contributed by atoms with Gasteiger partial charge in [0.25, 0.3) is 0 Å². The first-order valence-corrected chi connectivity index (χ1v) is 6.61. The molecule has 0 heterocycles. The van der Waals surface area contributed by atoms with Gasteiger partial charge in [-0.2, -0.15) is 0 Å². The smallest absolute Gasteiger partial charge is 0.335 e. The molecule has 0 aliphatic carbocycles. The molecule has 4 nitrogen and oxygen atoms in total. The van der Waals surface area contributed by atoms with Crippen molar-refractivity contribution in [3.05, 3.63) is 60.2 Å². The molecule has 1 N–H and O–H groups in total. The van der Waals surface area contributed by atoms with Crippen molar-refractivity contribution in [3.63, 3.8) is 0 Å². The minimum absolute atomic E-state index is 0.302. The summed E-state index contributed by atoms with van der Waals surface area (Å²) in [4.78, 5) is 23.0. The highest BCUT2D eigenvalue weighted by atomic mass is 16.5. The summed E-state index contributed by atoms with van der Waals surface area (Å²) in [6.07, 6.45) is -1.22. The summed E-state index contributed by atoms with van der Waals surface area (Å²) in [5, 5.41) is 8.98. The van der Waals surface area contributed by atoms with E-state index in [9.17, 15) is 9.59 Å². The molecule has 0 saturated carbocycles. The lowest BCUT2D eigenvalue weighted by Crippen LogP contribution is -2.22. The molecule has 2 aromatic carbocycles. The Morgan fingerprint density at radius 1 is 1.00 bits per heavy atom. The van der Waals surface area contributed by atoms with Gasteiger partial charge in [-0.1, -0.05) is 54.6 Å². The molecule has 1 atom stereocenters. The summed E-state index contributed by atoms with van der Waals surface area (Å²) in [5.74, 6) is -1.10. The highest BCUT2D eigenvalue weighted by Crippen LogP contribution is 2.19. The van der Waals surface area contributed by atoms with Crippen LogP contribution in [0.1, 0.15) is 17.3 Å². The van der Waals surface area contributed by atoms with E-state index >= 15 is 0 Å². The van der Waals surface area contributed by atoms with Gasteiger partial charge in [-0.3, -0.25) is 4.79 Å². The molecule has 0 saturated heterocycles. The summed E-state index contributed by atoms with van der Waals surface area (Å²) in [7, 11) is 0. The maximum atomic E-state index is 11.9.